The van der Waals surface area contributed by atoms with Gasteiger partial charge in [-0.15, -0.1) is 0 Å². The predicted molar refractivity (Wildman–Crippen MR) is 59.2 cm³/mol. The number of hydrogen-bond acceptors (Lipinski definition) is 4. The maximum Gasteiger partial charge on any atom is 0.148 e. The van der Waals surface area contributed by atoms with E-state index in [1.54, 1.807) is 10.9 Å². The Kier molecular flexibility index (Phi) is 3.87. The molecule has 0 spiro atoms. The molecule has 0 saturated heterocycles. The van der Waals surface area contributed by atoms with Crippen molar-refractivity contribution in [1.29, 1.82) is 0 Å². The Morgan fingerprint density at radius 1 is 1.60 bits per heavy atom. The Balaban J connectivity index is 2.41. The summed E-state index contributed by atoms with van der Waals surface area (Å²) in [5, 5.41) is 4.03. The number of aryl methyl sites for hydroxylation is 2. The van der Waals surface area contributed by atoms with Crippen LogP contribution in [0.15, 0.2) is 12.3 Å². The molecule has 6 heteroatoms. The molecule has 5 nitrogen and oxygen atoms in total. The van der Waals surface area contributed by atoms with E-state index in [-0.39, 0.29) is 11.8 Å². The Hall–Kier alpha value is -0.880. The van der Waals surface area contributed by atoms with Crippen molar-refractivity contribution in [3.05, 3.63) is 18.0 Å². The van der Waals surface area contributed by atoms with E-state index in [0.717, 1.165) is 12.1 Å². The number of nitrogens with zero attached hydrogens (tertiary/aromatic N) is 2. The number of sulfone groups is 1. The molecule has 0 aliphatic rings. The summed E-state index contributed by atoms with van der Waals surface area (Å²) in [7, 11) is -1.11. The molecule has 86 valence electrons. The fourth-order valence-electron chi connectivity index (χ4n) is 1.45. The summed E-state index contributed by atoms with van der Waals surface area (Å²) >= 11 is 0. The average Bonchev–Trinajstić information content (AvgIpc) is 2.44. The molecule has 1 heterocycles. The molecule has 0 bridgehead atoms. The summed E-state index contributed by atoms with van der Waals surface area (Å²) in [4.78, 5) is 0. The average molecular weight is 231 g/mol. The fourth-order valence-corrected chi connectivity index (χ4v) is 2.40. The maximum atomic E-state index is 11.0. The Bertz CT molecular complexity index is 411. The normalized spacial score (nSPS) is 14.1. The Labute approximate surface area is 90.2 Å². The molecular formula is C9H17N3O2S. The van der Waals surface area contributed by atoms with E-state index < -0.39 is 9.84 Å². The van der Waals surface area contributed by atoms with Crippen LogP contribution in [0.25, 0.3) is 0 Å². The largest absolute Gasteiger partial charge is 0.327 e. The maximum absolute atomic E-state index is 11.0. The lowest BCUT2D eigenvalue weighted by Gasteiger charge is -2.09. The molecule has 0 aliphatic carbocycles. The van der Waals surface area contributed by atoms with Crippen LogP contribution in [0.4, 0.5) is 0 Å². The van der Waals surface area contributed by atoms with Crippen LogP contribution in [-0.4, -0.2) is 36.2 Å². The van der Waals surface area contributed by atoms with Crippen molar-refractivity contribution in [3.8, 4) is 0 Å². The van der Waals surface area contributed by atoms with Crippen molar-refractivity contribution in [2.24, 2.45) is 12.8 Å². The lowest BCUT2D eigenvalue weighted by molar-refractivity contribution is 0.579. The molecule has 0 aliphatic heterocycles. The number of rotatable bonds is 5. The van der Waals surface area contributed by atoms with E-state index in [9.17, 15) is 8.42 Å². The van der Waals surface area contributed by atoms with Gasteiger partial charge in [0.15, 0.2) is 0 Å². The number of nitrogens with two attached hydrogens (primary N) is 1. The third-order valence-electron chi connectivity index (χ3n) is 2.21. The number of hydrogen-bond donors (Lipinski definition) is 1. The van der Waals surface area contributed by atoms with E-state index in [4.69, 9.17) is 5.73 Å². The first kappa shape index (κ1) is 12.2. The van der Waals surface area contributed by atoms with Gasteiger partial charge < -0.3 is 5.73 Å². The highest BCUT2D eigenvalue weighted by molar-refractivity contribution is 7.90. The second kappa shape index (κ2) is 4.76. The summed E-state index contributed by atoms with van der Waals surface area (Å²) in [5.74, 6) is 0.0465. The van der Waals surface area contributed by atoms with Crippen LogP contribution >= 0.6 is 0 Å². The zero-order valence-corrected chi connectivity index (χ0v) is 9.87. The van der Waals surface area contributed by atoms with Gasteiger partial charge in [-0.25, -0.2) is 8.42 Å². The second-order valence-corrected chi connectivity index (χ2v) is 6.02. The van der Waals surface area contributed by atoms with Gasteiger partial charge in [0.05, 0.1) is 5.75 Å². The molecular weight excluding hydrogens is 214 g/mol. The molecule has 0 amide bonds. The van der Waals surface area contributed by atoms with Gasteiger partial charge in [0.25, 0.3) is 0 Å². The molecule has 0 fully saturated rings. The second-order valence-electron chi connectivity index (χ2n) is 3.84. The molecule has 1 unspecified atom stereocenters. The molecule has 1 atom stereocenters. The highest BCUT2D eigenvalue weighted by Crippen LogP contribution is 2.03. The smallest absolute Gasteiger partial charge is 0.148 e. The van der Waals surface area contributed by atoms with Gasteiger partial charge in [-0.2, -0.15) is 5.10 Å². The monoisotopic (exact) mass is 231 g/mol. The van der Waals surface area contributed by atoms with Crippen LogP contribution in [0, 0.1) is 0 Å². The molecule has 0 aromatic carbocycles. The molecule has 2 N–H and O–H groups in total. The molecule has 1 rings (SSSR count). The zero-order chi connectivity index (χ0) is 11.5. The molecule has 1 aromatic heterocycles. The van der Waals surface area contributed by atoms with Crippen LogP contribution in [0.1, 0.15) is 12.1 Å². The van der Waals surface area contributed by atoms with E-state index >= 15 is 0 Å². The van der Waals surface area contributed by atoms with E-state index in [0.29, 0.717) is 6.42 Å². The van der Waals surface area contributed by atoms with Gasteiger partial charge in [0.2, 0.25) is 0 Å². The van der Waals surface area contributed by atoms with Gasteiger partial charge in [0.1, 0.15) is 9.84 Å². The van der Waals surface area contributed by atoms with Crippen molar-refractivity contribution in [2.45, 2.75) is 18.9 Å². The summed E-state index contributed by atoms with van der Waals surface area (Å²) in [6.07, 6.45) is 4.34. The van der Waals surface area contributed by atoms with Gasteiger partial charge in [-0.1, -0.05) is 0 Å². The van der Waals surface area contributed by atoms with Crippen molar-refractivity contribution in [3.63, 3.8) is 0 Å². The molecule has 0 saturated carbocycles. The highest BCUT2D eigenvalue weighted by Gasteiger charge is 2.11. The minimum absolute atomic E-state index is 0.0465. The minimum atomic E-state index is -2.97. The highest BCUT2D eigenvalue weighted by atomic mass is 32.2. The van der Waals surface area contributed by atoms with Crippen molar-refractivity contribution in [2.75, 3.05) is 12.0 Å². The standard InChI is InChI=1S/C9H17N3O2S/c1-12-9(5-6-11-12)4-3-8(10)7-15(2,13)14/h5-6,8H,3-4,7,10H2,1-2H3. The van der Waals surface area contributed by atoms with Gasteiger partial charge >= 0.3 is 0 Å². The first-order valence-corrected chi connectivity index (χ1v) is 6.85. The summed E-state index contributed by atoms with van der Waals surface area (Å²) in [6.45, 7) is 0. The lowest BCUT2D eigenvalue weighted by atomic mass is 10.1. The quantitative estimate of drug-likeness (QED) is 0.756. The predicted octanol–water partition coefficient (Wildman–Crippen LogP) is -0.275. The Morgan fingerprint density at radius 2 is 2.27 bits per heavy atom. The van der Waals surface area contributed by atoms with Gasteiger partial charge in [0, 0.05) is 31.2 Å². The van der Waals surface area contributed by atoms with E-state index in [2.05, 4.69) is 5.10 Å². The number of aromatic nitrogens is 2. The third-order valence-corrected chi connectivity index (χ3v) is 3.24. The van der Waals surface area contributed by atoms with Crippen molar-refractivity contribution in [1.82, 2.24) is 9.78 Å². The first-order valence-electron chi connectivity index (χ1n) is 4.78. The zero-order valence-electron chi connectivity index (χ0n) is 9.05. The van der Waals surface area contributed by atoms with Crippen LogP contribution in [0.2, 0.25) is 0 Å². The SMILES string of the molecule is Cn1nccc1CCC(N)CS(C)(=O)=O. The fraction of sp³-hybridized carbons (Fsp3) is 0.667. The summed E-state index contributed by atoms with van der Waals surface area (Å²) < 4.78 is 23.7. The molecule has 0 radical (unpaired) electrons. The first-order chi connectivity index (χ1) is 6.88. The lowest BCUT2D eigenvalue weighted by Crippen LogP contribution is -2.29. The van der Waals surface area contributed by atoms with Gasteiger partial charge in [-0.05, 0) is 18.9 Å². The van der Waals surface area contributed by atoms with Crippen molar-refractivity contribution >= 4 is 9.84 Å². The molecule has 1 aromatic rings. The third kappa shape index (κ3) is 4.44. The minimum Gasteiger partial charge on any atom is -0.327 e. The van der Waals surface area contributed by atoms with Crippen LogP contribution < -0.4 is 5.73 Å². The topological polar surface area (TPSA) is 78.0 Å². The molecule has 15 heavy (non-hydrogen) atoms. The van der Waals surface area contributed by atoms with Crippen LogP contribution in [0.3, 0.4) is 0 Å². The Morgan fingerprint density at radius 3 is 2.73 bits per heavy atom. The van der Waals surface area contributed by atoms with Crippen molar-refractivity contribution < 1.29 is 8.42 Å². The van der Waals surface area contributed by atoms with E-state index in [1.165, 1.54) is 6.26 Å². The van der Waals surface area contributed by atoms with Crippen LogP contribution in [-0.2, 0) is 23.3 Å². The summed E-state index contributed by atoms with van der Waals surface area (Å²) in [5.41, 5.74) is 6.79. The van der Waals surface area contributed by atoms with Crippen LogP contribution in [0.5, 0.6) is 0 Å². The summed E-state index contributed by atoms with van der Waals surface area (Å²) in [6, 6.07) is 1.61. The van der Waals surface area contributed by atoms with Gasteiger partial charge in [-0.3, -0.25) is 4.68 Å². The van der Waals surface area contributed by atoms with E-state index in [1.807, 2.05) is 13.1 Å².